The van der Waals surface area contributed by atoms with E-state index in [1.807, 2.05) is 6.08 Å². The standard InChI is InChI=1S/C17H23NO4S/c1-23(21,22)16-8-6-14(7-9-16)4-2-3-5-15-10-12-18(13-11-15)17(19)20/h2,4,6-9,15H,3,5,10-13H2,1H3,(H,19,20)/b4-2+. The van der Waals surface area contributed by atoms with Crippen molar-refractivity contribution in [3.8, 4) is 0 Å². The number of likely N-dealkylation sites (tertiary alicyclic amines) is 1. The van der Waals surface area contributed by atoms with E-state index in [1.54, 1.807) is 24.3 Å². The van der Waals surface area contributed by atoms with Gasteiger partial charge in [-0.1, -0.05) is 24.3 Å². The number of nitrogens with zero attached hydrogens (tertiary/aromatic N) is 1. The molecule has 0 aromatic heterocycles. The maximum absolute atomic E-state index is 11.4. The van der Waals surface area contributed by atoms with Crippen molar-refractivity contribution in [2.75, 3.05) is 19.3 Å². The van der Waals surface area contributed by atoms with Gasteiger partial charge in [0.2, 0.25) is 0 Å². The van der Waals surface area contributed by atoms with Crippen LogP contribution >= 0.6 is 0 Å². The zero-order chi connectivity index (χ0) is 16.9. The van der Waals surface area contributed by atoms with Crippen LogP contribution in [0.25, 0.3) is 6.08 Å². The zero-order valence-electron chi connectivity index (χ0n) is 13.3. The van der Waals surface area contributed by atoms with E-state index in [-0.39, 0.29) is 0 Å². The maximum atomic E-state index is 11.4. The van der Waals surface area contributed by atoms with Crippen molar-refractivity contribution in [1.82, 2.24) is 4.90 Å². The first-order chi connectivity index (χ1) is 10.9. The van der Waals surface area contributed by atoms with E-state index >= 15 is 0 Å². The Kier molecular flexibility index (Phi) is 5.82. The van der Waals surface area contributed by atoms with E-state index in [2.05, 4.69) is 6.08 Å². The number of rotatable bonds is 5. The maximum Gasteiger partial charge on any atom is 0.407 e. The van der Waals surface area contributed by atoms with Crippen LogP contribution in [0.4, 0.5) is 4.79 Å². The molecule has 0 unspecified atom stereocenters. The molecule has 6 heteroatoms. The number of piperidine rings is 1. The number of amides is 1. The predicted molar refractivity (Wildman–Crippen MR) is 90.1 cm³/mol. The number of hydrogen-bond donors (Lipinski definition) is 1. The van der Waals surface area contributed by atoms with E-state index in [0.717, 1.165) is 31.2 Å². The molecule has 126 valence electrons. The minimum Gasteiger partial charge on any atom is -0.465 e. The third kappa shape index (κ3) is 5.39. The number of hydrogen-bond acceptors (Lipinski definition) is 3. The summed E-state index contributed by atoms with van der Waals surface area (Å²) in [4.78, 5) is 12.7. The van der Waals surface area contributed by atoms with Gasteiger partial charge in [-0.05, 0) is 49.3 Å². The van der Waals surface area contributed by atoms with Gasteiger partial charge in [0.05, 0.1) is 4.90 Å². The average molecular weight is 337 g/mol. The summed E-state index contributed by atoms with van der Waals surface area (Å²) in [5.41, 5.74) is 0.984. The van der Waals surface area contributed by atoms with Crippen LogP contribution in [0, 0.1) is 5.92 Å². The minimum absolute atomic E-state index is 0.333. The Morgan fingerprint density at radius 1 is 1.26 bits per heavy atom. The molecule has 0 atom stereocenters. The Bertz CT molecular complexity index is 656. The molecule has 1 heterocycles. The topological polar surface area (TPSA) is 74.7 Å². The fourth-order valence-corrected chi connectivity index (χ4v) is 3.42. The van der Waals surface area contributed by atoms with Gasteiger partial charge in [-0.25, -0.2) is 13.2 Å². The third-order valence-electron chi connectivity index (χ3n) is 4.25. The average Bonchev–Trinajstić information content (AvgIpc) is 2.51. The monoisotopic (exact) mass is 337 g/mol. The Labute approximate surface area is 137 Å². The predicted octanol–water partition coefficient (Wildman–Crippen LogP) is 3.27. The summed E-state index contributed by atoms with van der Waals surface area (Å²) in [5.74, 6) is 0.586. The first-order valence-corrected chi connectivity index (χ1v) is 9.70. The molecule has 0 bridgehead atoms. The van der Waals surface area contributed by atoms with Gasteiger partial charge < -0.3 is 10.0 Å². The van der Waals surface area contributed by atoms with Crippen molar-refractivity contribution in [3.63, 3.8) is 0 Å². The van der Waals surface area contributed by atoms with Crippen LogP contribution in [0.5, 0.6) is 0 Å². The molecule has 0 radical (unpaired) electrons. The van der Waals surface area contributed by atoms with Gasteiger partial charge in [0.25, 0.3) is 0 Å². The molecule has 1 aliphatic rings. The van der Waals surface area contributed by atoms with Gasteiger partial charge in [-0.3, -0.25) is 0 Å². The molecule has 1 aromatic carbocycles. The summed E-state index contributed by atoms with van der Waals surface area (Å²) in [7, 11) is -3.14. The summed E-state index contributed by atoms with van der Waals surface area (Å²) >= 11 is 0. The summed E-state index contributed by atoms with van der Waals surface area (Å²) in [6, 6.07) is 6.85. The van der Waals surface area contributed by atoms with Crippen LogP contribution in [-0.4, -0.2) is 43.9 Å². The molecule has 2 rings (SSSR count). The minimum atomic E-state index is -3.14. The number of carbonyl (C=O) groups is 1. The number of sulfone groups is 1. The molecule has 1 aromatic rings. The van der Waals surface area contributed by atoms with Crippen LogP contribution in [-0.2, 0) is 9.84 Å². The summed E-state index contributed by atoms with van der Waals surface area (Å²) < 4.78 is 22.8. The smallest absolute Gasteiger partial charge is 0.407 e. The second-order valence-electron chi connectivity index (χ2n) is 6.03. The van der Waals surface area contributed by atoms with Gasteiger partial charge in [0.15, 0.2) is 9.84 Å². The third-order valence-corrected chi connectivity index (χ3v) is 5.37. The summed E-state index contributed by atoms with van der Waals surface area (Å²) in [6.07, 6.45) is 8.36. The van der Waals surface area contributed by atoms with E-state index in [4.69, 9.17) is 5.11 Å². The lowest BCUT2D eigenvalue weighted by atomic mass is 9.92. The van der Waals surface area contributed by atoms with E-state index < -0.39 is 15.9 Å². The second-order valence-corrected chi connectivity index (χ2v) is 8.05. The molecule has 1 amide bonds. The molecule has 0 aliphatic carbocycles. The van der Waals surface area contributed by atoms with Gasteiger partial charge in [-0.15, -0.1) is 0 Å². The van der Waals surface area contributed by atoms with Crippen LogP contribution < -0.4 is 0 Å². The molecule has 5 nitrogen and oxygen atoms in total. The molecule has 1 aliphatic heterocycles. The van der Waals surface area contributed by atoms with E-state index in [1.165, 1.54) is 11.2 Å². The van der Waals surface area contributed by atoms with Gasteiger partial charge in [0.1, 0.15) is 0 Å². The van der Waals surface area contributed by atoms with Crippen LogP contribution in [0.3, 0.4) is 0 Å². The normalized spacial score (nSPS) is 16.8. The Balaban J connectivity index is 1.76. The summed E-state index contributed by atoms with van der Waals surface area (Å²) in [5, 5.41) is 8.91. The Morgan fingerprint density at radius 2 is 1.87 bits per heavy atom. The highest BCUT2D eigenvalue weighted by Crippen LogP contribution is 2.22. The first kappa shape index (κ1) is 17.5. The molecule has 1 fully saturated rings. The highest BCUT2D eigenvalue weighted by molar-refractivity contribution is 7.90. The Morgan fingerprint density at radius 3 is 2.39 bits per heavy atom. The lowest BCUT2D eigenvalue weighted by Crippen LogP contribution is -2.37. The van der Waals surface area contributed by atoms with Crippen molar-refractivity contribution in [1.29, 1.82) is 0 Å². The van der Waals surface area contributed by atoms with Crippen molar-refractivity contribution in [3.05, 3.63) is 35.9 Å². The SMILES string of the molecule is CS(=O)(=O)c1ccc(/C=C/CCC2CCN(C(=O)O)CC2)cc1. The number of benzene rings is 1. The van der Waals surface area contributed by atoms with Crippen molar-refractivity contribution in [2.45, 2.75) is 30.6 Å². The largest absolute Gasteiger partial charge is 0.465 e. The number of carboxylic acid groups (broad SMARTS) is 1. The molecular formula is C17H23NO4S. The molecule has 1 N–H and O–H groups in total. The lowest BCUT2D eigenvalue weighted by Gasteiger charge is -2.29. The zero-order valence-corrected chi connectivity index (χ0v) is 14.1. The fourth-order valence-electron chi connectivity index (χ4n) is 2.79. The molecule has 0 saturated carbocycles. The van der Waals surface area contributed by atoms with Crippen LogP contribution in [0.15, 0.2) is 35.2 Å². The number of allylic oxidation sites excluding steroid dienone is 1. The quantitative estimate of drug-likeness (QED) is 0.895. The van der Waals surface area contributed by atoms with E-state index in [0.29, 0.717) is 23.9 Å². The summed E-state index contributed by atoms with van der Waals surface area (Å²) in [6.45, 7) is 1.27. The van der Waals surface area contributed by atoms with Gasteiger partial charge in [0, 0.05) is 19.3 Å². The molecule has 0 spiro atoms. The van der Waals surface area contributed by atoms with Crippen LogP contribution in [0.1, 0.15) is 31.2 Å². The lowest BCUT2D eigenvalue weighted by molar-refractivity contribution is 0.123. The fraction of sp³-hybridized carbons (Fsp3) is 0.471. The van der Waals surface area contributed by atoms with Crippen molar-refractivity contribution >= 4 is 22.0 Å². The molecule has 23 heavy (non-hydrogen) atoms. The highest BCUT2D eigenvalue weighted by Gasteiger charge is 2.21. The first-order valence-electron chi connectivity index (χ1n) is 7.81. The van der Waals surface area contributed by atoms with Crippen molar-refractivity contribution in [2.24, 2.45) is 5.92 Å². The van der Waals surface area contributed by atoms with Crippen LogP contribution in [0.2, 0.25) is 0 Å². The van der Waals surface area contributed by atoms with E-state index in [9.17, 15) is 13.2 Å². The molecule has 1 saturated heterocycles. The van der Waals surface area contributed by atoms with Gasteiger partial charge >= 0.3 is 6.09 Å². The Hall–Kier alpha value is -1.82. The van der Waals surface area contributed by atoms with Gasteiger partial charge in [-0.2, -0.15) is 0 Å². The second kappa shape index (κ2) is 7.64. The highest BCUT2D eigenvalue weighted by atomic mass is 32.2. The molecular weight excluding hydrogens is 314 g/mol. The van der Waals surface area contributed by atoms with Crippen molar-refractivity contribution < 1.29 is 18.3 Å².